The monoisotopic (exact) mass is 242 g/mol. The predicted molar refractivity (Wildman–Crippen MR) is 63.8 cm³/mol. The third-order valence-electron chi connectivity index (χ3n) is 3.51. The van der Waals surface area contributed by atoms with Gasteiger partial charge in [0, 0.05) is 19.2 Å². The molecule has 0 aromatic carbocycles. The maximum absolute atomic E-state index is 12.1. The first kappa shape index (κ1) is 12.6. The maximum atomic E-state index is 12.1. The minimum absolute atomic E-state index is 0.00338. The topological polar surface area (TPSA) is 61.8 Å². The van der Waals surface area contributed by atoms with E-state index >= 15 is 0 Å². The molecular weight excluding hydrogens is 220 g/mol. The Hall–Kier alpha value is -0.810. The first-order valence-electron chi connectivity index (χ1n) is 6.49. The summed E-state index contributed by atoms with van der Waals surface area (Å²) in [6.45, 7) is 3.94. The molecule has 2 rings (SSSR count). The first-order valence-corrected chi connectivity index (χ1v) is 6.49. The van der Waals surface area contributed by atoms with E-state index in [1.807, 2.05) is 4.90 Å². The summed E-state index contributed by atoms with van der Waals surface area (Å²) in [5.41, 5.74) is 0. The van der Waals surface area contributed by atoms with E-state index in [1.165, 1.54) is 0 Å². The fourth-order valence-corrected chi connectivity index (χ4v) is 2.65. The Labute approximate surface area is 102 Å². The van der Waals surface area contributed by atoms with Crippen LogP contribution in [0.1, 0.15) is 32.6 Å². The second-order valence-electron chi connectivity index (χ2n) is 5.08. The van der Waals surface area contributed by atoms with Crippen LogP contribution in [-0.2, 0) is 4.74 Å². The Kier molecular flexibility index (Phi) is 4.23. The van der Waals surface area contributed by atoms with Crippen molar-refractivity contribution < 1.29 is 14.6 Å². The molecule has 17 heavy (non-hydrogen) atoms. The van der Waals surface area contributed by atoms with Crippen molar-refractivity contribution in [2.75, 3.05) is 19.8 Å². The Bertz CT molecular complexity index is 264. The van der Waals surface area contributed by atoms with E-state index < -0.39 is 0 Å². The number of amides is 2. The van der Waals surface area contributed by atoms with Crippen LogP contribution in [0.3, 0.4) is 0 Å². The molecule has 5 heteroatoms. The van der Waals surface area contributed by atoms with Crippen molar-refractivity contribution in [2.24, 2.45) is 0 Å². The zero-order valence-corrected chi connectivity index (χ0v) is 10.4. The van der Waals surface area contributed by atoms with Crippen molar-refractivity contribution in [1.29, 1.82) is 0 Å². The van der Waals surface area contributed by atoms with Crippen LogP contribution in [0.4, 0.5) is 4.79 Å². The number of urea groups is 1. The van der Waals surface area contributed by atoms with E-state index in [4.69, 9.17) is 4.74 Å². The maximum Gasteiger partial charge on any atom is 0.317 e. The highest BCUT2D eigenvalue weighted by atomic mass is 16.5. The van der Waals surface area contributed by atoms with Gasteiger partial charge < -0.3 is 20.1 Å². The molecule has 0 aliphatic carbocycles. The highest BCUT2D eigenvalue weighted by molar-refractivity contribution is 5.75. The number of aliphatic hydroxyl groups is 1. The van der Waals surface area contributed by atoms with Crippen LogP contribution < -0.4 is 5.32 Å². The van der Waals surface area contributed by atoms with Gasteiger partial charge in [-0.2, -0.15) is 0 Å². The summed E-state index contributed by atoms with van der Waals surface area (Å²) in [6, 6.07) is 0.358. The molecular formula is C12H22N2O3. The van der Waals surface area contributed by atoms with E-state index in [0.29, 0.717) is 13.0 Å². The number of ether oxygens (including phenoxy) is 1. The van der Waals surface area contributed by atoms with Gasteiger partial charge in [-0.05, 0) is 32.6 Å². The molecule has 2 aliphatic heterocycles. The molecule has 5 nitrogen and oxygen atoms in total. The lowest BCUT2D eigenvalue weighted by Crippen LogP contribution is -2.47. The van der Waals surface area contributed by atoms with Gasteiger partial charge in [-0.25, -0.2) is 4.79 Å². The Morgan fingerprint density at radius 1 is 1.59 bits per heavy atom. The van der Waals surface area contributed by atoms with Gasteiger partial charge in [-0.15, -0.1) is 0 Å². The summed E-state index contributed by atoms with van der Waals surface area (Å²) < 4.78 is 5.24. The van der Waals surface area contributed by atoms with Gasteiger partial charge >= 0.3 is 6.03 Å². The summed E-state index contributed by atoms with van der Waals surface area (Å²) in [4.78, 5) is 13.9. The van der Waals surface area contributed by atoms with Gasteiger partial charge in [0.15, 0.2) is 0 Å². The Balaban J connectivity index is 1.84. The van der Waals surface area contributed by atoms with Gasteiger partial charge in [-0.3, -0.25) is 0 Å². The van der Waals surface area contributed by atoms with Gasteiger partial charge in [0.1, 0.15) is 0 Å². The molecule has 2 N–H and O–H groups in total. The summed E-state index contributed by atoms with van der Waals surface area (Å²) in [7, 11) is 0. The van der Waals surface area contributed by atoms with Crippen LogP contribution in [-0.4, -0.2) is 54.0 Å². The first-order chi connectivity index (χ1) is 8.16. The van der Waals surface area contributed by atoms with Gasteiger partial charge in [-0.1, -0.05) is 0 Å². The normalized spacial score (nSPS) is 30.6. The van der Waals surface area contributed by atoms with E-state index in [9.17, 15) is 9.90 Å². The fraction of sp³-hybridized carbons (Fsp3) is 0.917. The van der Waals surface area contributed by atoms with Crippen LogP contribution >= 0.6 is 0 Å². The lowest BCUT2D eigenvalue weighted by molar-refractivity contribution is 0.136. The predicted octanol–water partition coefficient (Wildman–Crippen LogP) is 0.720. The minimum Gasteiger partial charge on any atom is -0.393 e. The summed E-state index contributed by atoms with van der Waals surface area (Å²) in [6.07, 6.45) is 3.27. The fourth-order valence-electron chi connectivity index (χ4n) is 2.65. The van der Waals surface area contributed by atoms with Crippen molar-refractivity contribution >= 4 is 6.03 Å². The zero-order chi connectivity index (χ0) is 12.3. The molecule has 2 heterocycles. The number of likely N-dealkylation sites (tertiary alicyclic amines) is 1. The summed E-state index contributed by atoms with van der Waals surface area (Å²) in [5, 5.41) is 12.4. The highest BCUT2D eigenvalue weighted by Gasteiger charge is 2.31. The molecule has 2 fully saturated rings. The molecule has 98 valence electrons. The molecule has 0 spiro atoms. The molecule has 0 radical (unpaired) electrons. The average Bonchev–Trinajstić information content (AvgIpc) is 2.87. The molecule has 3 atom stereocenters. The van der Waals surface area contributed by atoms with Crippen molar-refractivity contribution in [2.45, 2.75) is 50.8 Å². The smallest absolute Gasteiger partial charge is 0.317 e. The lowest BCUT2D eigenvalue weighted by atomic mass is 10.1. The number of rotatable bonds is 3. The number of carbonyl (C=O) groups is 1. The van der Waals surface area contributed by atoms with Crippen LogP contribution in [0.25, 0.3) is 0 Å². The average molecular weight is 242 g/mol. The third-order valence-corrected chi connectivity index (χ3v) is 3.51. The molecule has 0 saturated carbocycles. The number of aliphatic hydroxyl groups excluding tert-OH is 1. The van der Waals surface area contributed by atoms with Crippen molar-refractivity contribution in [3.63, 3.8) is 0 Å². The SMILES string of the molecule is CC(O)CC1CCCN1C(=O)NC1CCOC1. The number of carbonyl (C=O) groups excluding carboxylic acids is 1. The second kappa shape index (κ2) is 5.69. The van der Waals surface area contributed by atoms with E-state index in [-0.39, 0.29) is 24.2 Å². The number of nitrogens with one attached hydrogen (secondary N) is 1. The Morgan fingerprint density at radius 3 is 3.06 bits per heavy atom. The van der Waals surface area contributed by atoms with Gasteiger partial charge in [0.25, 0.3) is 0 Å². The van der Waals surface area contributed by atoms with E-state index in [1.54, 1.807) is 6.92 Å². The van der Waals surface area contributed by atoms with Crippen molar-refractivity contribution in [3.8, 4) is 0 Å². The van der Waals surface area contributed by atoms with Gasteiger partial charge in [0.05, 0.1) is 18.8 Å². The second-order valence-corrected chi connectivity index (χ2v) is 5.08. The molecule has 2 saturated heterocycles. The minimum atomic E-state index is -0.344. The van der Waals surface area contributed by atoms with Crippen LogP contribution in [0, 0.1) is 0 Å². The lowest BCUT2D eigenvalue weighted by Gasteiger charge is -2.27. The molecule has 0 aromatic rings. The quantitative estimate of drug-likeness (QED) is 0.766. The molecule has 0 aromatic heterocycles. The van der Waals surface area contributed by atoms with Crippen LogP contribution in [0.2, 0.25) is 0 Å². The van der Waals surface area contributed by atoms with Crippen molar-refractivity contribution in [1.82, 2.24) is 10.2 Å². The van der Waals surface area contributed by atoms with Crippen molar-refractivity contribution in [3.05, 3.63) is 0 Å². The number of hydrogen-bond donors (Lipinski definition) is 2. The zero-order valence-electron chi connectivity index (χ0n) is 10.4. The Morgan fingerprint density at radius 2 is 2.41 bits per heavy atom. The van der Waals surface area contributed by atoms with E-state index in [2.05, 4.69) is 5.32 Å². The standard InChI is InChI=1S/C12H22N2O3/c1-9(15)7-11-3-2-5-14(11)12(16)13-10-4-6-17-8-10/h9-11,15H,2-8H2,1H3,(H,13,16). The number of hydrogen-bond acceptors (Lipinski definition) is 3. The van der Waals surface area contributed by atoms with Gasteiger partial charge in [0.2, 0.25) is 0 Å². The van der Waals surface area contributed by atoms with Crippen LogP contribution in [0.15, 0.2) is 0 Å². The van der Waals surface area contributed by atoms with Crippen LogP contribution in [0.5, 0.6) is 0 Å². The summed E-state index contributed by atoms with van der Waals surface area (Å²) >= 11 is 0. The largest absolute Gasteiger partial charge is 0.393 e. The molecule has 2 aliphatic rings. The molecule has 0 bridgehead atoms. The van der Waals surface area contributed by atoms with E-state index in [0.717, 1.165) is 32.4 Å². The third kappa shape index (κ3) is 3.33. The number of nitrogens with zero attached hydrogens (tertiary/aromatic N) is 1. The molecule has 3 unspecified atom stereocenters. The molecule has 2 amide bonds. The summed E-state index contributed by atoms with van der Waals surface area (Å²) in [5.74, 6) is 0. The highest BCUT2D eigenvalue weighted by Crippen LogP contribution is 2.21.